The maximum absolute atomic E-state index is 9.98. The van der Waals surface area contributed by atoms with Gasteiger partial charge in [0, 0.05) is 21.2 Å². The lowest BCUT2D eigenvalue weighted by Gasteiger charge is -2.06. The van der Waals surface area contributed by atoms with Crippen LogP contribution in [-0.2, 0) is 0 Å². The van der Waals surface area contributed by atoms with Crippen LogP contribution in [0.4, 0.5) is 0 Å². The molecule has 0 aliphatic carbocycles. The molecule has 3 aromatic carbocycles. The molecule has 0 aliphatic heterocycles. The standard InChI is InChI=1S/C24H18BrN3OS/c25-20-11-12-23(29)19(14-20)15-26-28-22(17-6-2-1-3-7-17)16-30-24-13-10-18-8-4-5-9-21(18)27-24/h1-15,29H,16H2. The fourth-order valence-corrected chi connectivity index (χ4v) is 4.07. The number of hydrogen-bond donors (Lipinski definition) is 1. The number of hydrogen-bond acceptors (Lipinski definition) is 5. The van der Waals surface area contributed by atoms with E-state index < -0.39 is 0 Å². The highest BCUT2D eigenvalue weighted by Gasteiger charge is 2.07. The molecule has 0 bridgehead atoms. The van der Waals surface area contributed by atoms with Crippen LogP contribution in [-0.4, -0.2) is 27.8 Å². The zero-order valence-electron chi connectivity index (χ0n) is 15.9. The Balaban J connectivity index is 1.57. The second-order valence-corrected chi connectivity index (χ2v) is 8.40. The first kappa shape index (κ1) is 20.3. The van der Waals surface area contributed by atoms with Crippen LogP contribution < -0.4 is 0 Å². The molecule has 0 saturated heterocycles. The van der Waals surface area contributed by atoms with Crippen molar-refractivity contribution in [1.82, 2.24) is 4.98 Å². The van der Waals surface area contributed by atoms with Crippen molar-refractivity contribution in [1.29, 1.82) is 0 Å². The van der Waals surface area contributed by atoms with Crippen LogP contribution in [0.2, 0.25) is 0 Å². The van der Waals surface area contributed by atoms with Crippen molar-refractivity contribution in [2.75, 3.05) is 5.75 Å². The van der Waals surface area contributed by atoms with Crippen molar-refractivity contribution in [3.8, 4) is 5.75 Å². The fourth-order valence-electron chi connectivity index (χ4n) is 2.86. The summed E-state index contributed by atoms with van der Waals surface area (Å²) in [5.41, 5.74) is 3.41. The third-order valence-electron chi connectivity index (χ3n) is 4.40. The first-order chi connectivity index (χ1) is 14.7. The minimum Gasteiger partial charge on any atom is -0.507 e. The Morgan fingerprint density at radius 3 is 2.63 bits per heavy atom. The molecule has 0 aliphatic rings. The Bertz CT molecular complexity index is 1230. The predicted molar refractivity (Wildman–Crippen MR) is 129 cm³/mol. The number of phenols is 1. The number of phenolic OH excluding ortho intramolecular Hbond substituents is 1. The zero-order chi connectivity index (χ0) is 20.8. The molecule has 0 amide bonds. The van der Waals surface area contributed by atoms with E-state index in [9.17, 15) is 5.11 Å². The van der Waals surface area contributed by atoms with E-state index in [0.29, 0.717) is 11.3 Å². The molecule has 1 N–H and O–H groups in total. The van der Waals surface area contributed by atoms with E-state index in [1.807, 2.05) is 54.6 Å². The zero-order valence-corrected chi connectivity index (χ0v) is 18.3. The third kappa shape index (κ3) is 5.14. The Hall–Kier alpha value is -2.96. The largest absolute Gasteiger partial charge is 0.507 e. The fraction of sp³-hybridized carbons (Fsp3) is 0.0417. The van der Waals surface area contributed by atoms with Crippen LogP contribution in [0.3, 0.4) is 0 Å². The van der Waals surface area contributed by atoms with Gasteiger partial charge in [0.15, 0.2) is 0 Å². The molecule has 0 radical (unpaired) electrons. The lowest BCUT2D eigenvalue weighted by Crippen LogP contribution is -2.04. The average molecular weight is 476 g/mol. The number of rotatable bonds is 6. The van der Waals surface area contributed by atoms with Crippen LogP contribution in [0, 0.1) is 0 Å². The summed E-state index contributed by atoms with van der Waals surface area (Å²) in [5, 5.41) is 20.7. The number of fused-ring (bicyclic) bond motifs is 1. The number of pyridine rings is 1. The van der Waals surface area contributed by atoms with Crippen LogP contribution in [0.1, 0.15) is 11.1 Å². The first-order valence-corrected chi connectivity index (χ1v) is 11.1. The lowest BCUT2D eigenvalue weighted by atomic mass is 10.1. The van der Waals surface area contributed by atoms with Gasteiger partial charge in [-0.25, -0.2) is 4.98 Å². The van der Waals surface area contributed by atoms with E-state index in [4.69, 9.17) is 4.98 Å². The average Bonchev–Trinajstić information content (AvgIpc) is 2.78. The van der Waals surface area contributed by atoms with Crippen molar-refractivity contribution in [2.24, 2.45) is 10.2 Å². The van der Waals surface area contributed by atoms with Gasteiger partial charge >= 0.3 is 0 Å². The van der Waals surface area contributed by atoms with Crippen LogP contribution >= 0.6 is 27.7 Å². The van der Waals surface area contributed by atoms with Gasteiger partial charge in [-0.3, -0.25) is 0 Å². The first-order valence-electron chi connectivity index (χ1n) is 9.31. The summed E-state index contributed by atoms with van der Waals surface area (Å²) < 4.78 is 0.868. The Labute approximate surface area is 187 Å². The molecule has 4 rings (SSSR count). The summed E-state index contributed by atoms with van der Waals surface area (Å²) in [6, 6.07) is 27.3. The highest BCUT2D eigenvalue weighted by atomic mass is 79.9. The van der Waals surface area contributed by atoms with Crippen molar-refractivity contribution < 1.29 is 5.11 Å². The molecule has 1 heterocycles. The Kier molecular flexibility index (Phi) is 6.57. The van der Waals surface area contributed by atoms with E-state index in [-0.39, 0.29) is 5.75 Å². The minimum atomic E-state index is 0.160. The second-order valence-electron chi connectivity index (χ2n) is 6.49. The van der Waals surface area contributed by atoms with Crippen molar-refractivity contribution in [3.63, 3.8) is 0 Å². The molecule has 0 unspecified atom stereocenters. The molecule has 148 valence electrons. The SMILES string of the molecule is Oc1ccc(Br)cc1C=NN=C(CSc1ccc2ccccc2n1)c1ccccc1. The predicted octanol–water partition coefficient (Wildman–Crippen LogP) is 6.32. The third-order valence-corrected chi connectivity index (χ3v) is 5.84. The highest BCUT2D eigenvalue weighted by molar-refractivity contribution is 9.10. The van der Waals surface area contributed by atoms with Crippen molar-refractivity contribution in [2.45, 2.75) is 5.03 Å². The summed E-state index contributed by atoms with van der Waals surface area (Å²) in [6.07, 6.45) is 1.56. The number of nitrogens with zero attached hydrogens (tertiary/aromatic N) is 3. The number of para-hydroxylation sites is 1. The van der Waals surface area contributed by atoms with E-state index in [0.717, 1.165) is 31.7 Å². The molecule has 30 heavy (non-hydrogen) atoms. The van der Waals surface area contributed by atoms with E-state index in [2.05, 4.69) is 38.3 Å². The maximum atomic E-state index is 9.98. The molecule has 1 aromatic heterocycles. The van der Waals surface area contributed by atoms with E-state index in [1.54, 1.807) is 36.2 Å². The van der Waals surface area contributed by atoms with Gasteiger partial charge < -0.3 is 5.11 Å². The van der Waals surface area contributed by atoms with Gasteiger partial charge in [-0.05, 0) is 35.9 Å². The molecule has 6 heteroatoms. The number of benzene rings is 3. The highest BCUT2D eigenvalue weighted by Crippen LogP contribution is 2.22. The summed E-state index contributed by atoms with van der Waals surface area (Å²) >= 11 is 5.02. The summed E-state index contributed by atoms with van der Waals surface area (Å²) in [5.74, 6) is 0.783. The molecular formula is C24H18BrN3OS. The summed E-state index contributed by atoms with van der Waals surface area (Å²) in [7, 11) is 0. The van der Waals surface area contributed by atoms with Gasteiger partial charge in [0.2, 0.25) is 0 Å². The van der Waals surface area contributed by atoms with Gasteiger partial charge in [0.1, 0.15) is 5.75 Å². The molecule has 4 nitrogen and oxygen atoms in total. The second kappa shape index (κ2) is 9.69. The smallest absolute Gasteiger partial charge is 0.124 e. The van der Waals surface area contributed by atoms with Crippen molar-refractivity contribution >= 4 is 50.5 Å². The minimum absolute atomic E-state index is 0.160. The normalized spacial score (nSPS) is 12.0. The van der Waals surface area contributed by atoms with Gasteiger partial charge in [0.25, 0.3) is 0 Å². The number of halogens is 1. The van der Waals surface area contributed by atoms with Crippen LogP contribution in [0.25, 0.3) is 10.9 Å². The van der Waals surface area contributed by atoms with Crippen LogP contribution in [0.15, 0.2) is 105 Å². The molecule has 0 saturated carbocycles. The number of aromatic nitrogens is 1. The number of aromatic hydroxyl groups is 1. The molecule has 0 spiro atoms. The van der Waals surface area contributed by atoms with Crippen LogP contribution in [0.5, 0.6) is 5.75 Å². The van der Waals surface area contributed by atoms with Gasteiger partial charge in [-0.2, -0.15) is 10.2 Å². The summed E-state index contributed by atoms with van der Waals surface area (Å²) in [6.45, 7) is 0. The van der Waals surface area contributed by atoms with Gasteiger partial charge in [-0.1, -0.05) is 82.3 Å². The molecule has 4 aromatic rings. The molecule has 0 fully saturated rings. The monoisotopic (exact) mass is 475 g/mol. The molecular weight excluding hydrogens is 458 g/mol. The quantitative estimate of drug-likeness (QED) is 0.201. The van der Waals surface area contributed by atoms with Crippen molar-refractivity contribution in [3.05, 3.63) is 101 Å². The number of thioether (sulfide) groups is 1. The van der Waals surface area contributed by atoms with Gasteiger partial charge in [0.05, 0.1) is 22.5 Å². The van der Waals surface area contributed by atoms with E-state index >= 15 is 0 Å². The Morgan fingerprint density at radius 2 is 1.77 bits per heavy atom. The Morgan fingerprint density at radius 1 is 0.967 bits per heavy atom. The lowest BCUT2D eigenvalue weighted by molar-refractivity contribution is 0.474. The maximum Gasteiger partial charge on any atom is 0.124 e. The summed E-state index contributed by atoms with van der Waals surface area (Å²) in [4.78, 5) is 4.72. The molecule has 0 atom stereocenters. The van der Waals surface area contributed by atoms with E-state index in [1.165, 1.54) is 0 Å². The van der Waals surface area contributed by atoms with Gasteiger partial charge in [-0.15, -0.1) is 0 Å². The topological polar surface area (TPSA) is 57.8 Å².